The second-order valence-electron chi connectivity index (χ2n) is 6.03. The van der Waals surface area contributed by atoms with E-state index in [0.29, 0.717) is 6.04 Å². The Morgan fingerprint density at radius 3 is 2.75 bits per heavy atom. The van der Waals surface area contributed by atoms with Crippen LogP contribution in [0.4, 0.5) is 0 Å². The number of amides is 1. The molecule has 2 N–H and O–H groups in total. The highest BCUT2D eigenvalue weighted by Gasteiger charge is 2.20. The molecule has 0 bridgehead atoms. The molecule has 1 aromatic carbocycles. The molecule has 1 aromatic rings. The normalized spacial score (nSPS) is 20.0. The summed E-state index contributed by atoms with van der Waals surface area (Å²) < 4.78 is 0. The highest BCUT2D eigenvalue weighted by atomic mass is 16.1. The van der Waals surface area contributed by atoms with Gasteiger partial charge in [0, 0.05) is 18.2 Å². The molecule has 108 valence electrons. The van der Waals surface area contributed by atoms with Crippen LogP contribution in [0.1, 0.15) is 60.0 Å². The van der Waals surface area contributed by atoms with Gasteiger partial charge in [0.2, 0.25) is 0 Å². The lowest BCUT2D eigenvalue weighted by Gasteiger charge is -2.22. The molecule has 1 fully saturated rings. The predicted molar refractivity (Wildman–Crippen MR) is 80.8 cm³/mol. The molecule has 1 amide bonds. The summed E-state index contributed by atoms with van der Waals surface area (Å²) >= 11 is 0. The lowest BCUT2D eigenvalue weighted by atomic mass is 9.95. The van der Waals surface area contributed by atoms with Gasteiger partial charge in [-0.25, -0.2) is 0 Å². The van der Waals surface area contributed by atoms with Crippen LogP contribution in [0.25, 0.3) is 0 Å². The quantitative estimate of drug-likeness (QED) is 0.813. The molecule has 1 aliphatic carbocycles. The van der Waals surface area contributed by atoms with Crippen molar-refractivity contribution in [2.75, 3.05) is 6.54 Å². The van der Waals surface area contributed by atoms with Gasteiger partial charge in [0.1, 0.15) is 0 Å². The van der Waals surface area contributed by atoms with E-state index in [4.69, 9.17) is 0 Å². The second kappa shape index (κ2) is 6.40. The minimum Gasteiger partial charge on any atom is -0.349 e. The fourth-order valence-electron chi connectivity index (χ4n) is 3.41. The smallest absolute Gasteiger partial charge is 0.251 e. The van der Waals surface area contributed by atoms with E-state index in [1.807, 2.05) is 12.1 Å². The number of carbonyl (C=O) groups is 1. The van der Waals surface area contributed by atoms with E-state index in [-0.39, 0.29) is 5.91 Å². The van der Waals surface area contributed by atoms with Crippen LogP contribution in [0.3, 0.4) is 0 Å². The Balaban J connectivity index is 1.73. The molecule has 0 radical (unpaired) electrons. The zero-order valence-electron chi connectivity index (χ0n) is 12.1. The number of hydrogen-bond donors (Lipinski definition) is 2. The first-order chi connectivity index (χ1) is 9.84. The van der Waals surface area contributed by atoms with E-state index < -0.39 is 0 Å². The summed E-state index contributed by atoms with van der Waals surface area (Å²) in [6.07, 6.45) is 8.44. The number of hydrogen-bond acceptors (Lipinski definition) is 2. The molecule has 1 heterocycles. The monoisotopic (exact) mass is 272 g/mol. The summed E-state index contributed by atoms with van der Waals surface area (Å²) in [5.74, 6) is 0.123. The lowest BCUT2D eigenvalue weighted by molar-refractivity contribution is 0.0932. The van der Waals surface area contributed by atoms with Crippen LogP contribution < -0.4 is 10.6 Å². The number of benzene rings is 1. The maximum Gasteiger partial charge on any atom is 0.251 e. The number of carbonyl (C=O) groups excluding carboxylic acids is 1. The highest BCUT2D eigenvalue weighted by molar-refractivity contribution is 5.96. The van der Waals surface area contributed by atoms with Crippen molar-refractivity contribution < 1.29 is 4.79 Å². The van der Waals surface area contributed by atoms with E-state index in [0.717, 1.165) is 37.9 Å². The first kappa shape index (κ1) is 13.6. The molecule has 20 heavy (non-hydrogen) atoms. The number of rotatable bonds is 2. The molecule has 0 aromatic heterocycles. The van der Waals surface area contributed by atoms with Gasteiger partial charge in [0.05, 0.1) is 0 Å². The average molecular weight is 272 g/mol. The van der Waals surface area contributed by atoms with Crippen LogP contribution in [0, 0.1) is 0 Å². The van der Waals surface area contributed by atoms with Gasteiger partial charge in [0.25, 0.3) is 5.91 Å². The van der Waals surface area contributed by atoms with Crippen molar-refractivity contribution in [3.05, 3.63) is 34.9 Å². The molecule has 3 rings (SSSR count). The fraction of sp³-hybridized carbons (Fsp3) is 0.588. The van der Waals surface area contributed by atoms with Crippen molar-refractivity contribution in [2.45, 2.75) is 57.5 Å². The summed E-state index contributed by atoms with van der Waals surface area (Å²) in [5, 5.41) is 6.63. The van der Waals surface area contributed by atoms with Crippen molar-refractivity contribution in [3.63, 3.8) is 0 Å². The van der Waals surface area contributed by atoms with E-state index >= 15 is 0 Å². The van der Waals surface area contributed by atoms with Gasteiger partial charge < -0.3 is 10.6 Å². The van der Waals surface area contributed by atoms with Gasteiger partial charge in [-0.2, -0.15) is 0 Å². The highest BCUT2D eigenvalue weighted by Crippen LogP contribution is 2.21. The maximum absolute atomic E-state index is 12.6. The molecule has 3 heteroatoms. The topological polar surface area (TPSA) is 41.1 Å². The van der Waals surface area contributed by atoms with Gasteiger partial charge >= 0.3 is 0 Å². The Kier molecular flexibility index (Phi) is 4.36. The first-order valence-electron chi connectivity index (χ1n) is 7.97. The molecule has 1 saturated carbocycles. The molecule has 0 saturated heterocycles. The lowest BCUT2D eigenvalue weighted by Crippen LogP contribution is -2.36. The van der Waals surface area contributed by atoms with Gasteiger partial charge in [0.15, 0.2) is 0 Å². The summed E-state index contributed by atoms with van der Waals surface area (Å²) in [6, 6.07) is 6.51. The summed E-state index contributed by atoms with van der Waals surface area (Å²) in [7, 11) is 0. The molecule has 2 aliphatic rings. The molecular weight excluding hydrogens is 248 g/mol. The average Bonchev–Trinajstić information content (AvgIpc) is 2.75. The van der Waals surface area contributed by atoms with Crippen LogP contribution in [-0.2, 0) is 13.0 Å². The molecule has 0 unspecified atom stereocenters. The van der Waals surface area contributed by atoms with E-state index in [2.05, 4.69) is 16.7 Å². The van der Waals surface area contributed by atoms with Gasteiger partial charge in [-0.05, 0) is 43.0 Å². The van der Waals surface area contributed by atoms with Crippen LogP contribution in [-0.4, -0.2) is 18.5 Å². The third-order valence-electron chi connectivity index (χ3n) is 4.58. The van der Waals surface area contributed by atoms with Gasteiger partial charge in [-0.3, -0.25) is 4.79 Å². The Hall–Kier alpha value is -1.35. The third kappa shape index (κ3) is 3.04. The van der Waals surface area contributed by atoms with Crippen molar-refractivity contribution in [1.29, 1.82) is 0 Å². The van der Waals surface area contributed by atoms with Crippen molar-refractivity contribution in [3.8, 4) is 0 Å². The van der Waals surface area contributed by atoms with Crippen molar-refractivity contribution >= 4 is 5.91 Å². The molecular formula is C17H24N2O. The van der Waals surface area contributed by atoms with Crippen LogP contribution in [0.5, 0.6) is 0 Å². The van der Waals surface area contributed by atoms with Crippen molar-refractivity contribution in [1.82, 2.24) is 10.6 Å². The Labute approximate surface area is 121 Å². The largest absolute Gasteiger partial charge is 0.349 e. The first-order valence-corrected chi connectivity index (χ1v) is 7.97. The van der Waals surface area contributed by atoms with Crippen LogP contribution in [0.15, 0.2) is 18.2 Å². The predicted octanol–water partition coefficient (Wildman–Crippen LogP) is 2.78. The molecule has 0 atom stereocenters. The number of nitrogens with one attached hydrogen (secondary N) is 2. The molecule has 1 aliphatic heterocycles. The molecule has 0 spiro atoms. The number of fused-ring (bicyclic) bond motifs is 1. The van der Waals surface area contributed by atoms with E-state index in [1.54, 1.807) is 0 Å². The maximum atomic E-state index is 12.6. The SMILES string of the molecule is O=C(NC1CCCCCC1)c1cccc2c1CNCC2. The zero-order valence-corrected chi connectivity index (χ0v) is 12.1. The fourth-order valence-corrected chi connectivity index (χ4v) is 3.41. The second-order valence-corrected chi connectivity index (χ2v) is 6.03. The van der Waals surface area contributed by atoms with Gasteiger partial charge in [-0.15, -0.1) is 0 Å². The van der Waals surface area contributed by atoms with Crippen LogP contribution >= 0.6 is 0 Å². The zero-order chi connectivity index (χ0) is 13.8. The minimum atomic E-state index is 0.123. The molecule has 3 nitrogen and oxygen atoms in total. The van der Waals surface area contributed by atoms with E-state index in [9.17, 15) is 4.79 Å². The Morgan fingerprint density at radius 2 is 1.95 bits per heavy atom. The Morgan fingerprint density at radius 1 is 1.15 bits per heavy atom. The van der Waals surface area contributed by atoms with Crippen LogP contribution in [0.2, 0.25) is 0 Å². The summed E-state index contributed by atoms with van der Waals surface area (Å²) in [4.78, 5) is 12.6. The summed E-state index contributed by atoms with van der Waals surface area (Å²) in [5.41, 5.74) is 3.40. The summed E-state index contributed by atoms with van der Waals surface area (Å²) in [6.45, 7) is 1.84. The standard InChI is InChI=1S/C17H24N2O/c20-17(19-14-7-3-1-2-4-8-14)15-9-5-6-13-10-11-18-12-16(13)15/h5-6,9,14,18H,1-4,7-8,10-12H2,(H,19,20). The Bertz CT molecular complexity index is 476. The van der Waals surface area contributed by atoms with Crippen molar-refractivity contribution in [2.24, 2.45) is 0 Å². The van der Waals surface area contributed by atoms with Gasteiger partial charge in [-0.1, -0.05) is 37.8 Å². The minimum absolute atomic E-state index is 0.123. The third-order valence-corrected chi connectivity index (χ3v) is 4.58. The van der Waals surface area contributed by atoms with E-state index in [1.165, 1.54) is 36.8 Å².